The van der Waals surface area contributed by atoms with Crippen molar-refractivity contribution < 1.29 is 13.2 Å². The summed E-state index contributed by atoms with van der Waals surface area (Å²) in [4.78, 5) is 12.4. The quantitative estimate of drug-likeness (QED) is 0.734. The topological polar surface area (TPSA) is 101 Å². The zero-order valence-electron chi connectivity index (χ0n) is 15.9. The first-order chi connectivity index (χ1) is 10.6. The molecular weight excluding hydrogens is 362 g/mol. The van der Waals surface area contributed by atoms with Gasteiger partial charge in [0.05, 0.1) is 10.9 Å². The van der Waals surface area contributed by atoms with Crippen LogP contribution in [0.2, 0.25) is 0 Å². The Morgan fingerprint density at radius 1 is 1.12 bits per heavy atom. The molecule has 1 aromatic rings. The molecule has 0 saturated carbocycles. The van der Waals surface area contributed by atoms with Gasteiger partial charge in [0.25, 0.3) is 0 Å². The number of benzene rings is 1. The number of halogens is 1. The molecule has 4 N–H and O–H groups in total. The van der Waals surface area contributed by atoms with Gasteiger partial charge in [-0.3, -0.25) is 4.79 Å². The maximum Gasteiger partial charge on any atom is 0.241 e. The van der Waals surface area contributed by atoms with Crippen LogP contribution in [0.1, 0.15) is 47.1 Å². The average molecular weight is 392 g/mol. The molecule has 144 valence electrons. The van der Waals surface area contributed by atoms with Gasteiger partial charge in [0.15, 0.2) is 0 Å². The van der Waals surface area contributed by atoms with Crippen LogP contribution in [0, 0.1) is 12.3 Å². The number of anilines is 1. The molecule has 0 aliphatic heterocycles. The number of hydrogen-bond acceptors (Lipinski definition) is 4. The second-order valence-corrected chi connectivity index (χ2v) is 9.82. The van der Waals surface area contributed by atoms with E-state index in [1.165, 1.54) is 6.07 Å². The van der Waals surface area contributed by atoms with E-state index in [0.717, 1.165) is 0 Å². The summed E-state index contributed by atoms with van der Waals surface area (Å²) in [6.07, 6.45) is 0. The Morgan fingerprint density at radius 2 is 1.64 bits per heavy atom. The SMILES string of the molecule is Cc1ccc(NC(=O)[C@@H](N)C(C)(C)C)cc1S(=O)(=O)NC(C)(C)C.Cl. The monoisotopic (exact) mass is 391 g/mol. The Hall–Kier alpha value is -1.15. The van der Waals surface area contributed by atoms with Crippen molar-refractivity contribution in [3.05, 3.63) is 23.8 Å². The third-order valence-corrected chi connectivity index (χ3v) is 5.30. The second-order valence-electron chi connectivity index (χ2n) is 8.17. The number of carbonyl (C=O) groups is 1. The van der Waals surface area contributed by atoms with Crippen molar-refractivity contribution in [2.24, 2.45) is 11.1 Å². The van der Waals surface area contributed by atoms with Crippen LogP contribution >= 0.6 is 12.4 Å². The summed E-state index contributed by atoms with van der Waals surface area (Å²) in [7, 11) is -3.69. The van der Waals surface area contributed by atoms with Crippen LogP contribution in [0.15, 0.2) is 23.1 Å². The lowest BCUT2D eigenvalue weighted by Gasteiger charge is -2.26. The zero-order chi connectivity index (χ0) is 18.9. The molecule has 0 heterocycles. The second kappa shape index (κ2) is 8.03. The van der Waals surface area contributed by atoms with E-state index in [4.69, 9.17) is 5.73 Å². The highest BCUT2D eigenvalue weighted by atomic mass is 35.5. The average Bonchev–Trinajstić information content (AvgIpc) is 2.35. The summed E-state index contributed by atoms with van der Waals surface area (Å²) in [6, 6.07) is 4.08. The molecule has 0 saturated heterocycles. The van der Waals surface area contributed by atoms with Crippen molar-refractivity contribution in [1.82, 2.24) is 4.72 Å². The number of carbonyl (C=O) groups excluding carboxylic acids is 1. The lowest BCUT2D eigenvalue weighted by atomic mass is 9.87. The largest absolute Gasteiger partial charge is 0.325 e. The highest BCUT2D eigenvalue weighted by Gasteiger charge is 2.28. The number of rotatable bonds is 4. The normalized spacial score (nSPS) is 13.8. The number of nitrogens with one attached hydrogen (secondary N) is 2. The molecule has 0 aliphatic carbocycles. The molecule has 1 aromatic carbocycles. The minimum Gasteiger partial charge on any atom is -0.325 e. The van der Waals surface area contributed by atoms with Crippen LogP contribution in [0.5, 0.6) is 0 Å². The van der Waals surface area contributed by atoms with E-state index < -0.39 is 27.0 Å². The van der Waals surface area contributed by atoms with E-state index in [0.29, 0.717) is 11.3 Å². The summed E-state index contributed by atoms with van der Waals surface area (Å²) < 4.78 is 27.7. The number of amides is 1. The van der Waals surface area contributed by atoms with Crippen LogP contribution in [0.25, 0.3) is 0 Å². The van der Waals surface area contributed by atoms with Crippen molar-refractivity contribution in [3.63, 3.8) is 0 Å². The Balaban J connectivity index is 0.00000576. The van der Waals surface area contributed by atoms with E-state index >= 15 is 0 Å². The fraction of sp³-hybridized carbons (Fsp3) is 0.588. The molecule has 25 heavy (non-hydrogen) atoms. The van der Waals surface area contributed by atoms with E-state index in [2.05, 4.69) is 10.0 Å². The van der Waals surface area contributed by atoms with Gasteiger partial charge in [0, 0.05) is 11.2 Å². The number of hydrogen-bond donors (Lipinski definition) is 3. The molecule has 0 aliphatic rings. The Bertz CT molecular complexity index is 720. The smallest absolute Gasteiger partial charge is 0.241 e. The van der Waals surface area contributed by atoms with Crippen LogP contribution in [0.3, 0.4) is 0 Å². The standard InChI is InChI=1S/C17H29N3O3S.ClH/c1-11-8-9-12(19-15(21)14(18)16(2,3)4)10-13(11)24(22,23)20-17(5,6)7;/h8-10,14,20H,18H2,1-7H3,(H,19,21);1H/t14-;/m1./s1. The maximum atomic E-state index is 12.6. The zero-order valence-corrected chi connectivity index (χ0v) is 17.6. The third-order valence-electron chi connectivity index (χ3n) is 3.40. The van der Waals surface area contributed by atoms with Gasteiger partial charge < -0.3 is 11.1 Å². The number of aryl methyl sites for hydroxylation is 1. The molecular formula is C17H30ClN3O3S. The summed E-state index contributed by atoms with van der Waals surface area (Å²) in [6.45, 7) is 12.6. The maximum absolute atomic E-state index is 12.6. The molecule has 0 fully saturated rings. The molecule has 0 bridgehead atoms. The molecule has 1 atom stereocenters. The van der Waals surface area contributed by atoms with E-state index in [9.17, 15) is 13.2 Å². The summed E-state index contributed by atoms with van der Waals surface area (Å²) in [5.74, 6) is -0.349. The molecule has 8 heteroatoms. The van der Waals surface area contributed by atoms with Crippen molar-refractivity contribution in [2.75, 3.05) is 5.32 Å². The van der Waals surface area contributed by atoms with E-state index in [-0.39, 0.29) is 23.2 Å². The van der Waals surface area contributed by atoms with Crippen molar-refractivity contribution in [3.8, 4) is 0 Å². The molecule has 6 nitrogen and oxygen atoms in total. The molecule has 0 unspecified atom stereocenters. The Morgan fingerprint density at radius 3 is 2.08 bits per heavy atom. The molecule has 0 spiro atoms. The third kappa shape index (κ3) is 6.93. The highest BCUT2D eigenvalue weighted by Crippen LogP contribution is 2.23. The number of nitrogens with two attached hydrogens (primary N) is 1. The lowest BCUT2D eigenvalue weighted by molar-refractivity contribution is -0.119. The van der Waals surface area contributed by atoms with Crippen LogP contribution in [0.4, 0.5) is 5.69 Å². The molecule has 1 rings (SSSR count). The van der Waals surface area contributed by atoms with Gasteiger partial charge >= 0.3 is 0 Å². The van der Waals surface area contributed by atoms with Crippen molar-refractivity contribution >= 4 is 34.0 Å². The van der Waals surface area contributed by atoms with Gasteiger partial charge in [-0.2, -0.15) is 0 Å². The predicted octanol–water partition coefficient (Wildman–Crippen LogP) is 2.81. The van der Waals surface area contributed by atoms with E-state index in [1.807, 2.05) is 20.8 Å². The van der Waals surface area contributed by atoms with Gasteiger partial charge in [-0.15, -0.1) is 12.4 Å². The van der Waals surface area contributed by atoms with Crippen molar-refractivity contribution in [2.45, 2.75) is 64.9 Å². The first-order valence-electron chi connectivity index (χ1n) is 7.84. The molecule has 1 amide bonds. The van der Waals surface area contributed by atoms with E-state index in [1.54, 1.807) is 39.8 Å². The Labute approximate surface area is 157 Å². The first kappa shape index (κ1) is 23.9. The first-order valence-corrected chi connectivity index (χ1v) is 9.33. The van der Waals surface area contributed by atoms with Gasteiger partial charge in [-0.25, -0.2) is 13.1 Å². The Kier molecular flexibility index (Phi) is 7.66. The lowest BCUT2D eigenvalue weighted by Crippen LogP contribution is -2.45. The summed E-state index contributed by atoms with van der Waals surface area (Å²) in [5, 5.41) is 2.69. The molecule has 0 aromatic heterocycles. The predicted molar refractivity (Wildman–Crippen MR) is 105 cm³/mol. The van der Waals surface area contributed by atoms with Crippen LogP contribution in [-0.4, -0.2) is 25.9 Å². The minimum absolute atomic E-state index is 0. The fourth-order valence-electron chi connectivity index (χ4n) is 2.04. The molecule has 0 radical (unpaired) electrons. The highest BCUT2D eigenvalue weighted by molar-refractivity contribution is 7.89. The number of sulfonamides is 1. The van der Waals surface area contributed by atoms with Crippen molar-refractivity contribution in [1.29, 1.82) is 0 Å². The minimum atomic E-state index is -3.69. The van der Waals surface area contributed by atoms with Crippen LogP contribution in [-0.2, 0) is 14.8 Å². The van der Waals surface area contributed by atoms with Crippen LogP contribution < -0.4 is 15.8 Å². The van der Waals surface area contributed by atoms with Gasteiger partial charge in [0.2, 0.25) is 15.9 Å². The van der Waals surface area contributed by atoms with Gasteiger partial charge in [0.1, 0.15) is 0 Å². The van der Waals surface area contributed by atoms with Gasteiger partial charge in [-0.05, 0) is 50.8 Å². The summed E-state index contributed by atoms with van der Waals surface area (Å²) >= 11 is 0. The summed E-state index contributed by atoms with van der Waals surface area (Å²) in [5.41, 5.74) is 5.95. The fourth-order valence-corrected chi connectivity index (χ4v) is 3.73. The van der Waals surface area contributed by atoms with Gasteiger partial charge in [-0.1, -0.05) is 26.8 Å².